The number of aromatic nitrogens is 3. The van der Waals surface area contributed by atoms with E-state index in [4.69, 9.17) is 9.47 Å². The second-order valence-electron chi connectivity index (χ2n) is 8.42. The van der Waals surface area contributed by atoms with Crippen molar-refractivity contribution in [3.8, 4) is 17.2 Å². The SMILES string of the molecule is COc1cccc(-n2c(CCC(=O)NCc3ccccc3OC)nnc2SCC2=CCCCC2)c1. The topological polar surface area (TPSA) is 78.3 Å². The van der Waals surface area contributed by atoms with Crippen molar-refractivity contribution in [2.45, 2.75) is 50.2 Å². The number of allylic oxidation sites excluding steroid dienone is 1. The van der Waals surface area contributed by atoms with E-state index in [0.717, 1.165) is 52.3 Å². The number of carbonyl (C=O) groups excluding carboxylic acids is 1. The fourth-order valence-electron chi connectivity index (χ4n) is 4.11. The van der Waals surface area contributed by atoms with Gasteiger partial charge in [0.2, 0.25) is 5.91 Å². The number of para-hydroxylation sites is 1. The first-order valence-electron chi connectivity index (χ1n) is 12.0. The Labute approximate surface area is 210 Å². The van der Waals surface area contributed by atoms with Crippen LogP contribution in [0.1, 0.15) is 43.5 Å². The first-order valence-corrected chi connectivity index (χ1v) is 12.9. The maximum Gasteiger partial charge on any atom is 0.220 e. The number of carbonyl (C=O) groups is 1. The van der Waals surface area contributed by atoms with Gasteiger partial charge in [0.1, 0.15) is 17.3 Å². The monoisotopic (exact) mass is 492 g/mol. The Morgan fingerprint density at radius 2 is 1.97 bits per heavy atom. The number of benzene rings is 2. The summed E-state index contributed by atoms with van der Waals surface area (Å²) >= 11 is 1.69. The summed E-state index contributed by atoms with van der Waals surface area (Å²) in [7, 11) is 3.29. The summed E-state index contributed by atoms with van der Waals surface area (Å²) in [5.41, 5.74) is 3.34. The van der Waals surface area contributed by atoms with E-state index in [2.05, 4.69) is 21.6 Å². The molecule has 7 nitrogen and oxygen atoms in total. The van der Waals surface area contributed by atoms with Crippen molar-refractivity contribution < 1.29 is 14.3 Å². The van der Waals surface area contributed by atoms with Crippen LogP contribution in [0.5, 0.6) is 11.5 Å². The lowest BCUT2D eigenvalue weighted by Gasteiger charge is -2.14. The number of hydrogen-bond acceptors (Lipinski definition) is 6. The smallest absolute Gasteiger partial charge is 0.220 e. The predicted molar refractivity (Wildman–Crippen MR) is 138 cm³/mol. The van der Waals surface area contributed by atoms with Gasteiger partial charge in [0.15, 0.2) is 5.16 Å². The van der Waals surface area contributed by atoms with Gasteiger partial charge in [-0.15, -0.1) is 10.2 Å². The zero-order chi connectivity index (χ0) is 24.5. The summed E-state index contributed by atoms with van der Waals surface area (Å²) in [5, 5.41) is 12.8. The molecule has 0 aliphatic heterocycles. The molecule has 4 rings (SSSR count). The predicted octanol–water partition coefficient (Wildman–Crippen LogP) is 5.13. The molecule has 184 valence electrons. The maximum atomic E-state index is 12.6. The molecule has 1 aliphatic carbocycles. The number of nitrogens with one attached hydrogen (secondary N) is 1. The summed E-state index contributed by atoms with van der Waals surface area (Å²) in [5.74, 6) is 3.15. The van der Waals surface area contributed by atoms with Crippen LogP contribution in [0.2, 0.25) is 0 Å². The molecular formula is C27H32N4O3S. The molecule has 0 unspecified atom stereocenters. The molecule has 1 heterocycles. The molecule has 3 aromatic rings. The van der Waals surface area contributed by atoms with Gasteiger partial charge in [0.25, 0.3) is 0 Å². The first-order chi connectivity index (χ1) is 17.2. The highest BCUT2D eigenvalue weighted by molar-refractivity contribution is 7.99. The van der Waals surface area contributed by atoms with Crippen LogP contribution < -0.4 is 14.8 Å². The van der Waals surface area contributed by atoms with E-state index in [1.54, 1.807) is 26.0 Å². The summed E-state index contributed by atoms with van der Waals surface area (Å²) in [6.45, 7) is 0.418. The summed E-state index contributed by atoms with van der Waals surface area (Å²) in [6, 6.07) is 15.5. The van der Waals surface area contributed by atoms with Crippen LogP contribution in [0.3, 0.4) is 0 Å². The van der Waals surface area contributed by atoms with E-state index in [9.17, 15) is 4.79 Å². The van der Waals surface area contributed by atoms with Gasteiger partial charge in [-0.3, -0.25) is 9.36 Å². The number of amides is 1. The lowest BCUT2D eigenvalue weighted by atomic mass is 10.0. The highest BCUT2D eigenvalue weighted by Gasteiger charge is 2.17. The fraction of sp³-hybridized carbons (Fsp3) is 0.370. The second-order valence-corrected chi connectivity index (χ2v) is 9.36. The molecular weight excluding hydrogens is 460 g/mol. The molecule has 0 saturated carbocycles. The van der Waals surface area contributed by atoms with Crippen LogP contribution >= 0.6 is 11.8 Å². The van der Waals surface area contributed by atoms with Crippen molar-refractivity contribution in [3.63, 3.8) is 0 Å². The molecule has 1 amide bonds. The number of nitrogens with zero attached hydrogens (tertiary/aromatic N) is 3. The molecule has 0 fully saturated rings. The first kappa shape index (κ1) is 24.9. The Morgan fingerprint density at radius 1 is 1.09 bits per heavy atom. The summed E-state index contributed by atoms with van der Waals surface area (Å²) < 4.78 is 12.9. The number of ether oxygens (including phenoxy) is 2. The molecule has 1 aromatic heterocycles. The second kappa shape index (κ2) is 12.4. The molecule has 0 atom stereocenters. The Kier molecular flexibility index (Phi) is 8.84. The number of rotatable bonds is 11. The van der Waals surface area contributed by atoms with Crippen molar-refractivity contribution in [2.75, 3.05) is 20.0 Å². The Balaban J connectivity index is 1.46. The van der Waals surface area contributed by atoms with E-state index < -0.39 is 0 Å². The standard InChI is InChI=1S/C27H32N4O3S/c1-33-23-13-8-12-22(17-23)31-25(29-30-27(31)35-19-20-9-4-3-5-10-20)15-16-26(32)28-18-21-11-6-7-14-24(21)34-2/h6-9,11-14,17H,3-5,10,15-16,18-19H2,1-2H3,(H,28,32). The van der Waals surface area contributed by atoms with Gasteiger partial charge in [-0.25, -0.2) is 0 Å². The van der Waals surface area contributed by atoms with E-state index in [-0.39, 0.29) is 5.91 Å². The Hall–Kier alpha value is -3.26. The average molecular weight is 493 g/mol. The minimum Gasteiger partial charge on any atom is -0.497 e. The van der Waals surface area contributed by atoms with Crippen molar-refractivity contribution in [1.29, 1.82) is 0 Å². The number of thioether (sulfide) groups is 1. The van der Waals surface area contributed by atoms with Gasteiger partial charge < -0.3 is 14.8 Å². The van der Waals surface area contributed by atoms with Gasteiger partial charge in [0, 0.05) is 36.8 Å². The van der Waals surface area contributed by atoms with E-state index in [1.165, 1.54) is 18.4 Å². The van der Waals surface area contributed by atoms with Gasteiger partial charge in [-0.05, 0) is 43.9 Å². The minimum absolute atomic E-state index is 0.0438. The quantitative estimate of drug-likeness (QED) is 0.295. The van der Waals surface area contributed by atoms with E-state index in [0.29, 0.717) is 19.4 Å². The van der Waals surface area contributed by atoms with Crippen LogP contribution in [0.25, 0.3) is 5.69 Å². The number of aryl methyl sites for hydroxylation is 1. The Bertz CT molecular complexity index is 1170. The van der Waals surface area contributed by atoms with Crippen LogP contribution in [0.4, 0.5) is 0 Å². The zero-order valence-electron chi connectivity index (χ0n) is 20.3. The Morgan fingerprint density at radius 3 is 2.77 bits per heavy atom. The van der Waals surface area contributed by atoms with Crippen molar-refractivity contribution in [1.82, 2.24) is 20.1 Å². The van der Waals surface area contributed by atoms with Gasteiger partial charge >= 0.3 is 0 Å². The lowest BCUT2D eigenvalue weighted by molar-refractivity contribution is -0.121. The maximum absolute atomic E-state index is 12.6. The van der Waals surface area contributed by atoms with Crippen LogP contribution in [0.15, 0.2) is 65.3 Å². The fourth-order valence-corrected chi connectivity index (χ4v) is 5.13. The third-order valence-corrected chi connectivity index (χ3v) is 7.07. The van der Waals surface area contributed by atoms with Crippen molar-refractivity contribution in [2.24, 2.45) is 0 Å². The summed E-state index contributed by atoms with van der Waals surface area (Å²) in [6.07, 6.45) is 7.99. The zero-order valence-corrected chi connectivity index (χ0v) is 21.1. The van der Waals surface area contributed by atoms with Gasteiger partial charge in [-0.1, -0.05) is 47.7 Å². The highest BCUT2D eigenvalue weighted by Crippen LogP contribution is 2.29. The third kappa shape index (κ3) is 6.66. The van der Waals surface area contributed by atoms with Crippen LogP contribution in [-0.2, 0) is 17.8 Å². The molecule has 0 bridgehead atoms. The van der Waals surface area contributed by atoms with Crippen LogP contribution in [0, 0.1) is 0 Å². The number of methoxy groups -OCH3 is 2. The third-order valence-electron chi connectivity index (χ3n) is 6.03. The summed E-state index contributed by atoms with van der Waals surface area (Å²) in [4.78, 5) is 12.6. The normalized spacial score (nSPS) is 13.3. The molecule has 8 heteroatoms. The molecule has 0 spiro atoms. The highest BCUT2D eigenvalue weighted by atomic mass is 32.2. The van der Waals surface area contributed by atoms with E-state index in [1.807, 2.05) is 53.1 Å². The number of hydrogen-bond donors (Lipinski definition) is 1. The largest absolute Gasteiger partial charge is 0.497 e. The molecule has 0 saturated heterocycles. The van der Waals surface area contributed by atoms with Crippen molar-refractivity contribution in [3.05, 3.63) is 71.6 Å². The van der Waals surface area contributed by atoms with Crippen molar-refractivity contribution >= 4 is 17.7 Å². The minimum atomic E-state index is -0.0438. The molecule has 1 aliphatic rings. The van der Waals surface area contributed by atoms with Crippen LogP contribution in [-0.4, -0.2) is 40.6 Å². The molecule has 0 radical (unpaired) electrons. The lowest BCUT2D eigenvalue weighted by Crippen LogP contribution is -2.23. The molecule has 1 N–H and O–H groups in total. The molecule has 2 aromatic carbocycles. The van der Waals surface area contributed by atoms with Gasteiger partial charge in [0.05, 0.1) is 19.9 Å². The van der Waals surface area contributed by atoms with E-state index >= 15 is 0 Å². The molecule has 35 heavy (non-hydrogen) atoms. The average Bonchev–Trinajstić information content (AvgIpc) is 3.33. The van der Waals surface area contributed by atoms with Gasteiger partial charge in [-0.2, -0.15) is 0 Å².